The van der Waals surface area contributed by atoms with Crippen LogP contribution in [0.25, 0.3) is 5.76 Å². The lowest BCUT2D eigenvalue weighted by molar-refractivity contribution is -0.132. The third kappa shape index (κ3) is 4.78. The van der Waals surface area contributed by atoms with Gasteiger partial charge in [0, 0.05) is 30.0 Å². The van der Waals surface area contributed by atoms with Gasteiger partial charge in [0.25, 0.3) is 11.7 Å². The predicted molar refractivity (Wildman–Crippen MR) is 153 cm³/mol. The molecule has 1 N–H and O–H groups in total. The maximum Gasteiger partial charge on any atom is 0.300 e. The van der Waals surface area contributed by atoms with Gasteiger partial charge >= 0.3 is 0 Å². The number of aryl methyl sites for hydroxylation is 4. The third-order valence-corrected chi connectivity index (χ3v) is 7.26. The second kappa shape index (κ2) is 10.7. The minimum Gasteiger partial charge on any atom is -0.507 e. The number of Topliss-reactive ketones (excluding diaryl/α,β-unsaturated/α-hetero) is 1. The molecule has 3 aromatic carbocycles. The lowest BCUT2D eigenvalue weighted by Crippen LogP contribution is -2.29. The van der Waals surface area contributed by atoms with E-state index in [2.05, 4.69) is 18.7 Å². The van der Waals surface area contributed by atoms with E-state index in [0.29, 0.717) is 17.0 Å². The average molecular weight is 513 g/mol. The van der Waals surface area contributed by atoms with Crippen molar-refractivity contribution in [2.75, 3.05) is 30.0 Å². The van der Waals surface area contributed by atoms with E-state index >= 15 is 0 Å². The van der Waals surface area contributed by atoms with Crippen molar-refractivity contribution in [2.24, 2.45) is 0 Å². The summed E-state index contributed by atoms with van der Waals surface area (Å²) in [5.74, 6) is -0.848. The van der Waals surface area contributed by atoms with Gasteiger partial charge in [-0.2, -0.15) is 0 Å². The number of aliphatic hydroxyl groups is 1. The third-order valence-electron chi connectivity index (χ3n) is 7.26. The van der Waals surface area contributed by atoms with Gasteiger partial charge in [0.05, 0.1) is 18.7 Å². The summed E-state index contributed by atoms with van der Waals surface area (Å²) in [6.45, 7) is 13.6. The number of nitrogens with zero attached hydrogens (tertiary/aromatic N) is 2. The van der Waals surface area contributed by atoms with Crippen molar-refractivity contribution in [3.05, 3.63) is 93.6 Å². The van der Waals surface area contributed by atoms with Crippen LogP contribution in [0.1, 0.15) is 53.3 Å². The highest BCUT2D eigenvalue weighted by Gasteiger charge is 2.47. The molecule has 1 atom stereocenters. The first-order chi connectivity index (χ1) is 18.1. The normalized spacial score (nSPS) is 16.7. The van der Waals surface area contributed by atoms with Crippen LogP contribution < -0.4 is 14.5 Å². The summed E-state index contributed by atoms with van der Waals surface area (Å²) in [5, 5.41) is 11.6. The number of benzene rings is 3. The zero-order chi connectivity index (χ0) is 27.7. The highest BCUT2D eigenvalue weighted by Crippen LogP contribution is 2.43. The maximum atomic E-state index is 13.6. The number of ether oxygens (including phenoxy) is 1. The Kier molecular flexibility index (Phi) is 7.63. The van der Waals surface area contributed by atoms with Crippen LogP contribution in [0.3, 0.4) is 0 Å². The molecule has 0 bridgehead atoms. The zero-order valence-corrected chi connectivity index (χ0v) is 23.3. The number of methoxy groups -OCH3 is 1. The second-order valence-electron chi connectivity index (χ2n) is 9.92. The molecular formula is C32H36N2O4. The molecule has 1 fully saturated rings. The molecule has 38 heavy (non-hydrogen) atoms. The summed E-state index contributed by atoms with van der Waals surface area (Å²) in [6.07, 6.45) is 0. The first-order valence-electron chi connectivity index (χ1n) is 13.0. The highest BCUT2D eigenvalue weighted by molar-refractivity contribution is 6.51. The van der Waals surface area contributed by atoms with E-state index in [0.717, 1.165) is 46.6 Å². The van der Waals surface area contributed by atoms with Crippen LogP contribution in [0.4, 0.5) is 11.4 Å². The lowest BCUT2D eigenvalue weighted by Gasteiger charge is -2.27. The van der Waals surface area contributed by atoms with Crippen LogP contribution in [0.15, 0.2) is 60.2 Å². The molecule has 1 amide bonds. The fourth-order valence-electron chi connectivity index (χ4n) is 5.37. The molecule has 0 aliphatic carbocycles. The van der Waals surface area contributed by atoms with E-state index < -0.39 is 17.7 Å². The first-order valence-corrected chi connectivity index (χ1v) is 13.0. The molecular weight excluding hydrogens is 476 g/mol. The summed E-state index contributed by atoms with van der Waals surface area (Å²) in [5.41, 5.74) is 6.57. The van der Waals surface area contributed by atoms with Gasteiger partial charge in [-0.1, -0.05) is 18.2 Å². The van der Waals surface area contributed by atoms with Gasteiger partial charge < -0.3 is 14.7 Å². The number of hydrogen-bond acceptors (Lipinski definition) is 5. The van der Waals surface area contributed by atoms with Crippen molar-refractivity contribution < 1.29 is 19.4 Å². The minimum absolute atomic E-state index is 0.0809. The van der Waals surface area contributed by atoms with Crippen molar-refractivity contribution in [3.8, 4) is 5.75 Å². The summed E-state index contributed by atoms with van der Waals surface area (Å²) in [7, 11) is 1.60. The van der Waals surface area contributed by atoms with Gasteiger partial charge in [0.2, 0.25) is 0 Å². The minimum atomic E-state index is -0.774. The van der Waals surface area contributed by atoms with Crippen LogP contribution in [-0.2, 0) is 9.59 Å². The number of amides is 1. The van der Waals surface area contributed by atoms with Gasteiger partial charge in [-0.3, -0.25) is 14.5 Å². The molecule has 3 aromatic rings. The molecule has 198 valence electrons. The molecule has 0 radical (unpaired) electrons. The van der Waals surface area contributed by atoms with Crippen LogP contribution in [0, 0.1) is 27.7 Å². The molecule has 6 nitrogen and oxygen atoms in total. The SMILES string of the molecule is CCN(CC)c1ccc(C2/C(=C(\O)c3cc(C)c(OC)cc3C)C(=O)C(=O)N2c2cc(C)cc(C)c2)cc1. The van der Waals surface area contributed by atoms with Crippen molar-refractivity contribution in [2.45, 2.75) is 47.6 Å². The Morgan fingerprint density at radius 1 is 0.895 bits per heavy atom. The highest BCUT2D eigenvalue weighted by atomic mass is 16.5. The Morgan fingerprint density at radius 2 is 1.50 bits per heavy atom. The summed E-state index contributed by atoms with van der Waals surface area (Å²) in [4.78, 5) is 30.9. The van der Waals surface area contributed by atoms with Crippen molar-refractivity contribution in [1.82, 2.24) is 0 Å². The lowest BCUT2D eigenvalue weighted by atomic mass is 9.92. The zero-order valence-electron chi connectivity index (χ0n) is 23.3. The van der Waals surface area contributed by atoms with E-state index in [9.17, 15) is 14.7 Å². The van der Waals surface area contributed by atoms with Crippen molar-refractivity contribution >= 4 is 28.8 Å². The predicted octanol–water partition coefficient (Wildman–Crippen LogP) is 6.40. The molecule has 6 heteroatoms. The van der Waals surface area contributed by atoms with E-state index in [1.54, 1.807) is 13.2 Å². The Hall–Kier alpha value is -4.06. The molecule has 1 unspecified atom stereocenters. The Bertz CT molecular complexity index is 1400. The molecule has 0 spiro atoms. The average Bonchev–Trinajstić information content (AvgIpc) is 3.15. The number of aliphatic hydroxyl groups excluding tert-OH is 1. The van der Waals surface area contributed by atoms with Gasteiger partial charge in [0.1, 0.15) is 11.5 Å². The van der Waals surface area contributed by atoms with Gasteiger partial charge in [-0.05, 0) is 106 Å². The number of carbonyl (C=O) groups excluding carboxylic acids is 2. The fraction of sp³-hybridized carbons (Fsp3) is 0.312. The van der Waals surface area contributed by atoms with Gasteiger partial charge in [0.15, 0.2) is 0 Å². The molecule has 1 saturated heterocycles. The van der Waals surface area contributed by atoms with Crippen LogP contribution in [-0.4, -0.2) is 37.0 Å². The second-order valence-corrected chi connectivity index (χ2v) is 9.92. The van der Waals surface area contributed by atoms with Gasteiger partial charge in [-0.25, -0.2) is 0 Å². The van der Waals surface area contributed by atoms with Crippen molar-refractivity contribution in [1.29, 1.82) is 0 Å². The number of anilines is 2. The monoisotopic (exact) mass is 512 g/mol. The van der Waals surface area contributed by atoms with E-state index in [4.69, 9.17) is 4.74 Å². The Balaban J connectivity index is 1.96. The van der Waals surface area contributed by atoms with Crippen LogP contribution >= 0.6 is 0 Å². The fourth-order valence-corrected chi connectivity index (χ4v) is 5.37. The number of ketones is 1. The first kappa shape index (κ1) is 27.0. The van der Waals surface area contributed by atoms with E-state index in [1.807, 2.05) is 76.2 Å². The van der Waals surface area contributed by atoms with Crippen LogP contribution in [0.5, 0.6) is 5.75 Å². The number of carbonyl (C=O) groups is 2. The summed E-state index contributed by atoms with van der Waals surface area (Å²) >= 11 is 0. The topological polar surface area (TPSA) is 70.1 Å². The summed E-state index contributed by atoms with van der Waals surface area (Å²) in [6, 6.07) is 16.6. The summed E-state index contributed by atoms with van der Waals surface area (Å²) < 4.78 is 5.43. The number of rotatable bonds is 7. The molecule has 0 saturated carbocycles. The molecule has 1 heterocycles. The standard InChI is InChI=1S/C32H36N2O4/c1-8-33(9-2)24-12-10-23(11-13-24)29-28(30(35)26-17-22(6)27(38-7)18-21(26)5)31(36)32(37)34(29)25-15-19(3)14-20(4)16-25/h10-18,29,35H,8-9H2,1-7H3/b30-28+. The largest absolute Gasteiger partial charge is 0.507 e. The number of hydrogen-bond donors (Lipinski definition) is 1. The van der Waals surface area contributed by atoms with E-state index in [1.165, 1.54) is 4.90 Å². The van der Waals surface area contributed by atoms with Crippen molar-refractivity contribution in [3.63, 3.8) is 0 Å². The molecule has 1 aliphatic rings. The Morgan fingerprint density at radius 3 is 2.05 bits per heavy atom. The molecule has 0 aromatic heterocycles. The quantitative estimate of drug-likeness (QED) is 0.225. The van der Waals surface area contributed by atoms with Crippen LogP contribution in [0.2, 0.25) is 0 Å². The van der Waals surface area contributed by atoms with Gasteiger partial charge in [-0.15, -0.1) is 0 Å². The maximum absolute atomic E-state index is 13.6. The molecule has 4 rings (SSSR count). The smallest absolute Gasteiger partial charge is 0.300 e. The van der Waals surface area contributed by atoms with E-state index in [-0.39, 0.29) is 11.3 Å². The Labute approximate surface area is 225 Å². The molecule has 1 aliphatic heterocycles.